The molecule has 1 heterocycles. The number of methoxy groups -OCH3 is 1. The molecule has 0 radical (unpaired) electrons. The topological polar surface area (TPSA) is 83.5 Å². The van der Waals surface area contributed by atoms with Crippen LogP contribution < -0.4 is 9.57 Å². The first-order valence-corrected chi connectivity index (χ1v) is 11.5. The number of rotatable bonds is 4. The minimum atomic E-state index is -3.72. The Hall–Kier alpha value is -2.80. The quantitative estimate of drug-likeness (QED) is 0.609. The average Bonchev–Trinajstić information content (AvgIpc) is 3.08. The molecule has 4 rings (SSSR count). The lowest BCUT2D eigenvalue weighted by atomic mass is 9.86. The van der Waals surface area contributed by atoms with Crippen molar-refractivity contribution in [2.75, 3.05) is 7.11 Å². The highest BCUT2D eigenvalue weighted by molar-refractivity contribution is 7.89. The van der Waals surface area contributed by atoms with Crippen molar-refractivity contribution in [3.63, 3.8) is 0 Å². The summed E-state index contributed by atoms with van der Waals surface area (Å²) in [5, 5.41) is 5.47. The summed E-state index contributed by atoms with van der Waals surface area (Å²) in [6.45, 7) is 8.19. The van der Waals surface area contributed by atoms with E-state index in [1.807, 2.05) is 13.8 Å². The van der Waals surface area contributed by atoms with E-state index in [-0.39, 0.29) is 4.90 Å². The number of aromatic amines is 1. The zero-order valence-corrected chi connectivity index (χ0v) is 18.8. The van der Waals surface area contributed by atoms with Crippen LogP contribution in [0.4, 0.5) is 0 Å². The fourth-order valence-electron chi connectivity index (χ4n) is 4.13. The lowest BCUT2D eigenvalue weighted by Gasteiger charge is -2.20. The molecule has 1 aliphatic rings. The number of hydrazone groups is 1. The molecule has 1 aliphatic carbocycles. The zero-order chi connectivity index (χ0) is 21.6. The predicted molar refractivity (Wildman–Crippen MR) is 120 cm³/mol. The molecular formula is C23H27N3O3S. The van der Waals surface area contributed by atoms with Gasteiger partial charge in [-0.2, -0.15) is 18.4 Å². The van der Waals surface area contributed by atoms with Crippen LogP contribution in [0, 0.1) is 26.7 Å². The van der Waals surface area contributed by atoms with Crippen LogP contribution >= 0.6 is 0 Å². The van der Waals surface area contributed by atoms with E-state index in [2.05, 4.69) is 34.8 Å². The van der Waals surface area contributed by atoms with Crippen LogP contribution in [-0.4, -0.2) is 26.2 Å². The summed E-state index contributed by atoms with van der Waals surface area (Å²) in [5.74, 6) is 1.21. The van der Waals surface area contributed by atoms with Crippen LogP contribution in [0.1, 0.15) is 41.3 Å². The maximum absolute atomic E-state index is 12.7. The van der Waals surface area contributed by atoms with Crippen LogP contribution in [0.2, 0.25) is 0 Å². The molecule has 30 heavy (non-hydrogen) atoms. The van der Waals surface area contributed by atoms with Crippen molar-refractivity contribution in [1.82, 2.24) is 9.82 Å². The Balaban J connectivity index is 1.78. The molecule has 6 nitrogen and oxygen atoms in total. The van der Waals surface area contributed by atoms with Crippen molar-refractivity contribution in [1.29, 1.82) is 0 Å². The van der Waals surface area contributed by atoms with E-state index in [1.165, 1.54) is 5.56 Å². The molecule has 0 aliphatic heterocycles. The Morgan fingerprint density at radius 1 is 1.10 bits per heavy atom. The number of aryl methyl sites for hydroxylation is 2. The molecule has 2 aromatic carbocycles. The number of ether oxygens (including phenoxy) is 1. The van der Waals surface area contributed by atoms with Crippen LogP contribution in [0.25, 0.3) is 10.9 Å². The standard InChI is InChI=1S/C23H27N3O3S/c1-13-6-8-17(9-7-13)30(27,28)26-25-20-11-14(2)10-18-19-12-21(29-5)15(3)16(4)22(19)24-23(18)20/h6-9,12,14,24,26H,10-11H2,1-5H3/b25-20-. The first-order chi connectivity index (χ1) is 14.2. The molecule has 0 amide bonds. The number of hydrogen-bond donors (Lipinski definition) is 2. The maximum Gasteiger partial charge on any atom is 0.276 e. The fraction of sp³-hybridized carbons (Fsp3) is 0.348. The Labute approximate surface area is 177 Å². The van der Waals surface area contributed by atoms with Crippen molar-refractivity contribution in [3.8, 4) is 5.75 Å². The van der Waals surface area contributed by atoms with Gasteiger partial charge in [-0.15, -0.1) is 0 Å². The van der Waals surface area contributed by atoms with E-state index in [0.717, 1.165) is 51.2 Å². The summed E-state index contributed by atoms with van der Waals surface area (Å²) in [7, 11) is -2.04. The largest absolute Gasteiger partial charge is 0.496 e. The smallest absolute Gasteiger partial charge is 0.276 e. The highest BCUT2D eigenvalue weighted by Gasteiger charge is 2.27. The number of fused-ring (bicyclic) bond motifs is 3. The highest BCUT2D eigenvalue weighted by atomic mass is 32.2. The van der Waals surface area contributed by atoms with Gasteiger partial charge < -0.3 is 9.72 Å². The second-order valence-corrected chi connectivity index (χ2v) is 9.87. The summed E-state index contributed by atoms with van der Waals surface area (Å²) in [6.07, 6.45) is 1.61. The first-order valence-electron chi connectivity index (χ1n) is 10.1. The molecule has 3 aromatic rings. The lowest BCUT2D eigenvalue weighted by molar-refractivity contribution is 0.412. The molecule has 0 bridgehead atoms. The molecule has 1 unspecified atom stereocenters. The molecule has 0 saturated carbocycles. The van der Waals surface area contributed by atoms with Gasteiger partial charge in [-0.25, -0.2) is 0 Å². The van der Waals surface area contributed by atoms with Crippen molar-refractivity contribution in [2.24, 2.45) is 11.0 Å². The third-order valence-corrected chi connectivity index (χ3v) is 7.19. The first kappa shape index (κ1) is 20.5. The summed E-state index contributed by atoms with van der Waals surface area (Å²) in [5.41, 5.74) is 7.09. The van der Waals surface area contributed by atoms with Gasteiger partial charge in [0.2, 0.25) is 0 Å². The summed E-state index contributed by atoms with van der Waals surface area (Å²) < 4.78 is 30.9. The Morgan fingerprint density at radius 2 is 1.80 bits per heavy atom. The monoisotopic (exact) mass is 425 g/mol. The van der Waals surface area contributed by atoms with Crippen LogP contribution in [0.15, 0.2) is 40.3 Å². The number of H-pyrrole nitrogens is 1. The molecule has 158 valence electrons. The molecule has 1 aromatic heterocycles. The second kappa shape index (κ2) is 7.47. The van der Waals surface area contributed by atoms with Gasteiger partial charge in [0.1, 0.15) is 5.75 Å². The molecule has 0 fully saturated rings. The minimum Gasteiger partial charge on any atom is -0.496 e. The highest BCUT2D eigenvalue weighted by Crippen LogP contribution is 2.37. The normalized spacial score (nSPS) is 17.9. The van der Waals surface area contributed by atoms with E-state index >= 15 is 0 Å². The Bertz CT molecular complexity index is 1260. The number of hydrogen-bond acceptors (Lipinski definition) is 4. The summed E-state index contributed by atoms with van der Waals surface area (Å²) in [6, 6.07) is 8.80. The summed E-state index contributed by atoms with van der Waals surface area (Å²) >= 11 is 0. The molecule has 7 heteroatoms. The molecule has 1 atom stereocenters. The van der Waals surface area contributed by atoms with E-state index in [0.29, 0.717) is 12.3 Å². The van der Waals surface area contributed by atoms with Crippen LogP contribution in [0.3, 0.4) is 0 Å². The molecule has 0 saturated heterocycles. The number of nitrogens with one attached hydrogen (secondary N) is 2. The second-order valence-electron chi connectivity index (χ2n) is 8.21. The third-order valence-electron chi connectivity index (χ3n) is 5.96. The zero-order valence-electron chi connectivity index (χ0n) is 18.0. The van der Waals surface area contributed by atoms with Crippen molar-refractivity contribution in [2.45, 2.75) is 45.4 Å². The van der Waals surface area contributed by atoms with Crippen molar-refractivity contribution >= 4 is 26.6 Å². The maximum atomic E-state index is 12.7. The number of sulfonamides is 1. The number of benzene rings is 2. The van der Waals surface area contributed by atoms with Crippen LogP contribution in [0.5, 0.6) is 5.75 Å². The molecular weight excluding hydrogens is 398 g/mol. The van der Waals surface area contributed by atoms with E-state index in [1.54, 1.807) is 31.4 Å². The minimum absolute atomic E-state index is 0.203. The van der Waals surface area contributed by atoms with E-state index in [9.17, 15) is 8.42 Å². The van der Waals surface area contributed by atoms with Gasteiger partial charge >= 0.3 is 0 Å². The van der Waals surface area contributed by atoms with Crippen LogP contribution in [-0.2, 0) is 16.4 Å². The van der Waals surface area contributed by atoms with Gasteiger partial charge in [0, 0.05) is 10.9 Å². The van der Waals surface area contributed by atoms with Gasteiger partial charge in [-0.1, -0.05) is 24.6 Å². The SMILES string of the molecule is COc1cc2c3c([nH]c2c(C)c1C)/C(=N\NS(=O)(=O)c1ccc(C)cc1)CC(C)C3. The van der Waals surface area contributed by atoms with Gasteiger partial charge in [-0.3, -0.25) is 0 Å². The summed E-state index contributed by atoms with van der Waals surface area (Å²) in [4.78, 5) is 6.15. The van der Waals surface area contributed by atoms with E-state index in [4.69, 9.17) is 4.74 Å². The van der Waals surface area contributed by atoms with E-state index < -0.39 is 10.0 Å². The lowest BCUT2D eigenvalue weighted by Crippen LogP contribution is -2.24. The Morgan fingerprint density at radius 3 is 2.47 bits per heavy atom. The van der Waals surface area contributed by atoms with Gasteiger partial charge in [0.15, 0.2) is 0 Å². The average molecular weight is 426 g/mol. The molecule has 2 N–H and O–H groups in total. The van der Waals surface area contributed by atoms with Gasteiger partial charge in [0.05, 0.1) is 23.4 Å². The van der Waals surface area contributed by atoms with Crippen molar-refractivity contribution in [3.05, 3.63) is 58.3 Å². The Kier molecular flexibility index (Phi) is 5.10. The number of nitrogens with zero attached hydrogens (tertiary/aromatic N) is 1. The third kappa shape index (κ3) is 3.47. The van der Waals surface area contributed by atoms with Gasteiger partial charge in [0.25, 0.3) is 10.0 Å². The van der Waals surface area contributed by atoms with Crippen molar-refractivity contribution < 1.29 is 13.2 Å². The van der Waals surface area contributed by atoms with Gasteiger partial charge in [-0.05, 0) is 74.4 Å². The fourth-order valence-corrected chi connectivity index (χ4v) is 4.96. The predicted octanol–water partition coefficient (Wildman–Crippen LogP) is 4.37. The molecule has 0 spiro atoms. The number of aromatic nitrogens is 1.